The van der Waals surface area contributed by atoms with Gasteiger partial charge in [0, 0.05) is 24.7 Å². The van der Waals surface area contributed by atoms with E-state index < -0.39 is 0 Å². The van der Waals surface area contributed by atoms with E-state index in [4.69, 9.17) is 10.2 Å². The Morgan fingerprint density at radius 1 is 1.20 bits per heavy atom. The summed E-state index contributed by atoms with van der Waals surface area (Å²) >= 11 is 0. The molecule has 4 heteroatoms. The molecule has 1 aromatic carbocycles. The number of fused-ring (bicyclic) bond motifs is 1. The number of aryl methyl sites for hydroxylation is 2. The van der Waals surface area contributed by atoms with Crippen molar-refractivity contribution in [2.45, 2.75) is 20.3 Å². The van der Waals surface area contributed by atoms with Crippen LogP contribution in [0.1, 0.15) is 17.0 Å². The van der Waals surface area contributed by atoms with Crippen molar-refractivity contribution in [3.8, 4) is 11.1 Å². The molecule has 2 N–H and O–H groups in total. The van der Waals surface area contributed by atoms with Gasteiger partial charge in [-0.15, -0.1) is 0 Å². The van der Waals surface area contributed by atoms with Crippen molar-refractivity contribution < 1.29 is 4.42 Å². The minimum Gasteiger partial charge on any atom is -0.439 e. The molecule has 2 aromatic heterocycles. The van der Waals surface area contributed by atoms with E-state index in [1.807, 2.05) is 12.3 Å². The normalized spacial score (nSPS) is 11.2. The molecule has 102 valence electrons. The molecular weight excluding hydrogens is 250 g/mol. The molecule has 0 unspecified atom stereocenters. The average Bonchev–Trinajstić information content (AvgIpc) is 2.80. The first-order valence-corrected chi connectivity index (χ1v) is 6.70. The van der Waals surface area contributed by atoms with Gasteiger partial charge in [-0.3, -0.25) is 0 Å². The van der Waals surface area contributed by atoms with Crippen LogP contribution in [-0.4, -0.2) is 16.5 Å². The number of hydrogen-bond donors (Lipinski definition) is 1. The quantitative estimate of drug-likeness (QED) is 0.792. The highest BCUT2D eigenvalue weighted by Crippen LogP contribution is 2.26. The number of pyridine rings is 1. The van der Waals surface area contributed by atoms with Crippen molar-refractivity contribution in [3.05, 3.63) is 47.5 Å². The second kappa shape index (κ2) is 5.06. The number of aromatic nitrogens is 2. The zero-order valence-corrected chi connectivity index (χ0v) is 11.7. The summed E-state index contributed by atoms with van der Waals surface area (Å²) in [7, 11) is 0. The highest BCUT2D eigenvalue weighted by molar-refractivity contribution is 5.77. The topological polar surface area (TPSA) is 64.9 Å². The first kappa shape index (κ1) is 12.8. The Labute approximate surface area is 117 Å². The van der Waals surface area contributed by atoms with Crippen LogP contribution in [0.2, 0.25) is 0 Å². The Kier molecular flexibility index (Phi) is 3.24. The van der Waals surface area contributed by atoms with Crippen LogP contribution in [0.5, 0.6) is 0 Å². The summed E-state index contributed by atoms with van der Waals surface area (Å²) in [5.74, 6) is 0.646. The summed E-state index contributed by atoms with van der Waals surface area (Å²) in [4.78, 5) is 8.69. The summed E-state index contributed by atoms with van der Waals surface area (Å²) < 4.78 is 5.68. The van der Waals surface area contributed by atoms with E-state index in [1.54, 1.807) is 0 Å². The van der Waals surface area contributed by atoms with Crippen molar-refractivity contribution in [2.75, 3.05) is 6.54 Å². The number of nitrogens with two attached hydrogens (primary N) is 1. The Bertz CT molecular complexity index is 762. The predicted octanol–water partition coefficient (Wildman–Crippen LogP) is 3.01. The number of nitrogens with zero attached hydrogens (tertiary/aromatic N) is 2. The molecule has 0 aliphatic heterocycles. The van der Waals surface area contributed by atoms with E-state index in [0.29, 0.717) is 30.1 Å². The van der Waals surface area contributed by atoms with Crippen LogP contribution in [0.25, 0.3) is 22.4 Å². The first-order chi connectivity index (χ1) is 9.67. The lowest BCUT2D eigenvalue weighted by Gasteiger charge is -2.06. The Morgan fingerprint density at radius 2 is 2.05 bits per heavy atom. The third-order valence-corrected chi connectivity index (χ3v) is 3.34. The first-order valence-electron chi connectivity index (χ1n) is 6.70. The van der Waals surface area contributed by atoms with Crippen molar-refractivity contribution >= 4 is 11.2 Å². The molecular formula is C16H17N3O. The van der Waals surface area contributed by atoms with Gasteiger partial charge >= 0.3 is 0 Å². The van der Waals surface area contributed by atoms with Gasteiger partial charge in [0.25, 0.3) is 0 Å². The van der Waals surface area contributed by atoms with Gasteiger partial charge < -0.3 is 10.2 Å². The second-order valence-electron chi connectivity index (χ2n) is 5.01. The zero-order valence-electron chi connectivity index (χ0n) is 11.7. The Morgan fingerprint density at radius 3 is 2.80 bits per heavy atom. The van der Waals surface area contributed by atoms with Crippen molar-refractivity contribution in [1.82, 2.24) is 9.97 Å². The molecule has 0 bridgehead atoms. The minimum absolute atomic E-state index is 0.525. The van der Waals surface area contributed by atoms with Gasteiger partial charge in [0.15, 0.2) is 17.1 Å². The Hall–Kier alpha value is -2.20. The SMILES string of the molecule is Cc1ccc(-c2cnc3nc(CCN)oc3c2)c(C)c1. The molecule has 4 nitrogen and oxygen atoms in total. The van der Waals surface area contributed by atoms with Crippen LogP contribution in [0, 0.1) is 13.8 Å². The molecule has 3 aromatic rings. The molecule has 0 fully saturated rings. The number of benzene rings is 1. The molecule has 0 aliphatic rings. The summed E-state index contributed by atoms with van der Waals surface area (Å²) in [5, 5.41) is 0. The monoisotopic (exact) mass is 267 g/mol. The maximum atomic E-state index is 5.68. The summed E-state index contributed by atoms with van der Waals surface area (Å²) in [6, 6.07) is 8.38. The fraction of sp³-hybridized carbons (Fsp3) is 0.250. The van der Waals surface area contributed by atoms with Gasteiger partial charge in [-0.1, -0.05) is 23.8 Å². The average molecular weight is 267 g/mol. The highest BCUT2D eigenvalue weighted by atomic mass is 16.3. The van der Waals surface area contributed by atoms with Gasteiger partial charge in [-0.05, 0) is 31.0 Å². The fourth-order valence-corrected chi connectivity index (χ4v) is 2.38. The molecule has 0 radical (unpaired) electrons. The molecule has 0 aliphatic carbocycles. The van der Waals surface area contributed by atoms with E-state index in [0.717, 1.165) is 5.56 Å². The van der Waals surface area contributed by atoms with Crippen molar-refractivity contribution in [3.63, 3.8) is 0 Å². The zero-order chi connectivity index (χ0) is 14.1. The van der Waals surface area contributed by atoms with E-state index in [-0.39, 0.29) is 0 Å². The van der Waals surface area contributed by atoms with Crippen molar-refractivity contribution in [1.29, 1.82) is 0 Å². The van der Waals surface area contributed by atoms with E-state index in [9.17, 15) is 0 Å². The number of oxazole rings is 1. The van der Waals surface area contributed by atoms with Gasteiger partial charge in [-0.2, -0.15) is 4.98 Å². The molecule has 3 rings (SSSR count). The lowest BCUT2D eigenvalue weighted by molar-refractivity contribution is 0.531. The number of rotatable bonds is 3. The maximum absolute atomic E-state index is 5.68. The van der Waals surface area contributed by atoms with Crippen LogP contribution in [0.4, 0.5) is 0 Å². The standard InChI is InChI=1S/C16H17N3O/c1-10-3-4-13(11(2)7-10)12-8-14-16(18-9-12)19-15(20-14)5-6-17/h3-4,7-9H,5-6,17H2,1-2H3. The van der Waals surface area contributed by atoms with Crippen LogP contribution in [0.3, 0.4) is 0 Å². The fourth-order valence-electron chi connectivity index (χ4n) is 2.38. The molecule has 0 spiro atoms. The van der Waals surface area contributed by atoms with E-state index >= 15 is 0 Å². The Balaban J connectivity index is 2.07. The summed E-state index contributed by atoms with van der Waals surface area (Å²) in [5.41, 5.74) is 11.6. The second-order valence-corrected chi connectivity index (χ2v) is 5.01. The van der Waals surface area contributed by atoms with E-state index in [1.165, 1.54) is 16.7 Å². The lowest BCUT2D eigenvalue weighted by atomic mass is 10.0. The van der Waals surface area contributed by atoms with Gasteiger partial charge in [0.05, 0.1) is 0 Å². The van der Waals surface area contributed by atoms with Crippen molar-refractivity contribution in [2.24, 2.45) is 5.73 Å². The lowest BCUT2D eigenvalue weighted by Crippen LogP contribution is -2.02. The van der Waals surface area contributed by atoms with Crippen LogP contribution in [0.15, 0.2) is 34.9 Å². The summed E-state index contributed by atoms with van der Waals surface area (Å²) in [6.07, 6.45) is 2.48. The van der Waals surface area contributed by atoms with Gasteiger partial charge in [-0.25, -0.2) is 4.98 Å². The third kappa shape index (κ3) is 2.30. The maximum Gasteiger partial charge on any atom is 0.198 e. The molecule has 0 amide bonds. The van der Waals surface area contributed by atoms with Gasteiger partial charge in [0.2, 0.25) is 0 Å². The molecule has 20 heavy (non-hydrogen) atoms. The van der Waals surface area contributed by atoms with E-state index in [2.05, 4.69) is 42.0 Å². The molecule has 2 heterocycles. The predicted molar refractivity (Wildman–Crippen MR) is 79.5 cm³/mol. The minimum atomic E-state index is 0.525. The van der Waals surface area contributed by atoms with Gasteiger partial charge in [0.1, 0.15) is 0 Å². The number of hydrogen-bond acceptors (Lipinski definition) is 4. The molecule has 0 atom stereocenters. The highest BCUT2D eigenvalue weighted by Gasteiger charge is 2.09. The smallest absolute Gasteiger partial charge is 0.198 e. The molecule has 0 saturated carbocycles. The summed E-state index contributed by atoms with van der Waals surface area (Å²) in [6.45, 7) is 4.72. The van der Waals surface area contributed by atoms with Crippen LogP contribution < -0.4 is 5.73 Å². The molecule has 0 saturated heterocycles. The largest absolute Gasteiger partial charge is 0.439 e. The van der Waals surface area contributed by atoms with Crippen LogP contribution >= 0.6 is 0 Å². The van der Waals surface area contributed by atoms with Crippen LogP contribution in [-0.2, 0) is 6.42 Å². The third-order valence-electron chi connectivity index (χ3n) is 3.34.